The van der Waals surface area contributed by atoms with E-state index in [4.69, 9.17) is 0 Å². The van der Waals surface area contributed by atoms with E-state index in [2.05, 4.69) is 4.74 Å². The number of hydrogen-bond acceptors (Lipinski definition) is 4. The molecule has 0 aliphatic carbocycles. The second kappa shape index (κ2) is 10.4. The molecule has 1 aromatic rings. The standard InChI is InChI=1S/C17H26O4S/c1-21-17(18)14-10-5-3-2-4-6-11-15-22(19,20)16-12-8-7-9-13-16/h7-9,12-13H,2-6,10-11,14-15H2,1H3. The molecular weight excluding hydrogens is 300 g/mol. The molecule has 4 nitrogen and oxygen atoms in total. The van der Waals surface area contributed by atoms with Gasteiger partial charge >= 0.3 is 5.97 Å². The fourth-order valence-corrected chi connectivity index (χ4v) is 3.68. The van der Waals surface area contributed by atoms with Gasteiger partial charge in [0, 0.05) is 6.42 Å². The maximum absolute atomic E-state index is 12.1. The van der Waals surface area contributed by atoms with Crippen LogP contribution < -0.4 is 0 Å². The van der Waals surface area contributed by atoms with Crippen LogP contribution in [0, 0.1) is 0 Å². The molecule has 22 heavy (non-hydrogen) atoms. The monoisotopic (exact) mass is 326 g/mol. The average molecular weight is 326 g/mol. The lowest BCUT2D eigenvalue weighted by atomic mass is 10.1. The fourth-order valence-electron chi connectivity index (χ4n) is 2.29. The zero-order chi connectivity index (χ0) is 16.3. The lowest BCUT2D eigenvalue weighted by molar-refractivity contribution is -0.140. The van der Waals surface area contributed by atoms with Crippen LogP contribution in [0.4, 0.5) is 0 Å². The van der Waals surface area contributed by atoms with Crippen molar-refractivity contribution in [3.05, 3.63) is 30.3 Å². The Kier molecular flexibility index (Phi) is 8.82. The van der Waals surface area contributed by atoms with Crippen molar-refractivity contribution >= 4 is 15.8 Å². The Balaban J connectivity index is 2.05. The molecule has 0 saturated carbocycles. The molecule has 5 heteroatoms. The summed E-state index contributed by atoms with van der Waals surface area (Å²) in [5.41, 5.74) is 0. The summed E-state index contributed by atoms with van der Waals surface area (Å²) in [7, 11) is -1.72. The Morgan fingerprint density at radius 3 is 2.05 bits per heavy atom. The van der Waals surface area contributed by atoms with Gasteiger partial charge in [0.05, 0.1) is 17.8 Å². The first-order valence-electron chi connectivity index (χ1n) is 7.91. The zero-order valence-corrected chi connectivity index (χ0v) is 14.1. The molecule has 0 aromatic heterocycles. The molecule has 0 spiro atoms. The third kappa shape index (κ3) is 7.59. The second-order valence-corrected chi connectivity index (χ2v) is 7.54. The molecule has 0 aliphatic heterocycles. The van der Waals surface area contributed by atoms with Crippen LogP contribution in [0.2, 0.25) is 0 Å². The van der Waals surface area contributed by atoms with E-state index in [-0.39, 0.29) is 11.7 Å². The van der Waals surface area contributed by atoms with Crippen LogP contribution in [0.1, 0.15) is 51.4 Å². The highest BCUT2D eigenvalue weighted by atomic mass is 32.2. The summed E-state index contributed by atoms with van der Waals surface area (Å²) >= 11 is 0. The number of carbonyl (C=O) groups is 1. The maximum atomic E-state index is 12.1. The van der Waals surface area contributed by atoms with Crippen molar-refractivity contribution in [2.24, 2.45) is 0 Å². The first-order chi connectivity index (χ1) is 10.6. The van der Waals surface area contributed by atoms with Gasteiger partial charge in [-0.2, -0.15) is 0 Å². The molecule has 0 amide bonds. The predicted octanol–water partition coefficient (Wildman–Crippen LogP) is 3.75. The van der Waals surface area contributed by atoms with Crippen molar-refractivity contribution in [3.63, 3.8) is 0 Å². The molecule has 0 radical (unpaired) electrons. The van der Waals surface area contributed by atoms with Crippen molar-refractivity contribution in [2.45, 2.75) is 56.3 Å². The number of unbranched alkanes of at least 4 members (excludes halogenated alkanes) is 6. The quantitative estimate of drug-likeness (QED) is 0.459. The average Bonchev–Trinajstić information content (AvgIpc) is 2.53. The van der Waals surface area contributed by atoms with E-state index in [1.165, 1.54) is 7.11 Å². The lowest BCUT2D eigenvalue weighted by Crippen LogP contribution is -2.06. The smallest absolute Gasteiger partial charge is 0.305 e. The molecule has 0 bridgehead atoms. The van der Waals surface area contributed by atoms with Crippen molar-refractivity contribution in [1.29, 1.82) is 0 Å². The Morgan fingerprint density at radius 2 is 1.45 bits per heavy atom. The molecule has 0 N–H and O–H groups in total. The first kappa shape index (κ1) is 18.7. The Morgan fingerprint density at radius 1 is 0.909 bits per heavy atom. The van der Waals surface area contributed by atoms with Crippen LogP contribution in [0.3, 0.4) is 0 Å². The highest BCUT2D eigenvalue weighted by Gasteiger charge is 2.12. The maximum Gasteiger partial charge on any atom is 0.305 e. The van der Waals surface area contributed by atoms with Crippen molar-refractivity contribution < 1.29 is 17.9 Å². The molecule has 0 unspecified atom stereocenters. The Bertz CT molecular complexity index is 523. The molecule has 0 atom stereocenters. The van der Waals surface area contributed by atoms with E-state index in [1.54, 1.807) is 24.3 Å². The first-order valence-corrected chi connectivity index (χ1v) is 9.56. The highest BCUT2D eigenvalue weighted by Crippen LogP contribution is 2.14. The SMILES string of the molecule is COC(=O)CCCCCCCCCS(=O)(=O)c1ccccc1. The van der Waals surface area contributed by atoms with Gasteiger partial charge in [0.1, 0.15) is 0 Å². The van der Waals surface area contributed by atoms with E-state index in [0.717, 1.165) is 38.5 Å². The lowest BCUT2D eigenvalue weighted by Gasteiger charge is -2.04. The number of rotatable bonds is 11. The van der Waals surface area contributed by atoms with Crippen LogP contribution in [0.5, 0.6) is 0 Å². The molecule has 0 saturated heterocycles. The van der Waals surface area contributed by atoms with E-state index >= 15 is 0 Å². The Hall–Kier alpha value is -1.36. The minimum absolute atomic E-state index is 0.147. The highest BCUT2D eigenvalue weighted by molar-refractivity contribution is 7.91. The van der Waals surface area contributed by atoms with Gasteiger partial charge in [-0.15, -0.1) is 0 Å². The third-order valence-electron chi connectivity index (χ3n) is 3.62. The van der Waals surface area contributed by atoms with E-state index in [9.17, 15) is 13.2 Å². The summed E-state index contributed by atoms with van der Waals surface area (Å²) in [4.78, 5) is 11.3. The fraction of sp³-hybridized carbons (Fsp3) is 0.588. The normalized spacial score (nSPS) is 11.3. The summed E-state index contributed by atoms with van der Waals surface area (Å²) in [6.45, 7) is 0. The van der Waals surface area contributed by atoms with Crippen LogP contribution in [0.25, 0.3) is 0 Å². The summed E-state index contributed by atoms with van der Waals surface area (Å²) in [5.74, 6) is 0.0745. The summed E-state index contributed by atoms with van der Waals surface area (Å²) < 4.78 is 28.7. The predicted molar refractivity (Wildman–Crippen MR) is 87.4 cm³/mol. The van der Waals surface area contributed by atoms with Crippen LogP contribution >= 0.6 is 0 Å². The summed E-state index contributed by atoms with van der Waals surface area (Å²) in [6, 6.07) is 8.62. The van der Waals surface area contributed by atoms with Crippen molar-refractivity contribution in [3.8, 4) is 0 Å². The number of carbonyl (C=O) groups excluding carboxylic acids is 1. The van der Waals surface area contributed by atoms with Crippen LogP contribution in [-0.4, -0.2) is 27.2 Å². The van der Waals surface area contributed by atoms with E-state index < -0.39 is 9.84 Å². The molecule has 0 heterocycles. The summed E-state index contributed by atoms with van der Waals surface area (Å²) in [6.07, 6.45) is 7.25. The number of sulfone groups is 1. The molecule has 0 fully saturated rings. The number of benzene rings is 1. The largest absolute Gasteiger partial charge is 0.469 e. The van der Waals surface area contributed by atoms with Gasteiger partial charge in [0.25, 0.3) is 0 Å². The molecule has 1 aromatic carbocycles. The zero-order valence-electron chi connectivity index (χ0n) is 13.3. The van der Waals surface area contributed by atoms with E-state index in [0.29, 0.717) is 17.7 Å². The van der Waals surface area contributed by atoms with Gasteiger partial charge in [-0.25, -0.2) is 8.42 Å². The number of methoxy groups -OCH3 is 1. The van der Waals surface area contributed by atoms with Gasteiger partial charge in [0.2, 0.25) is 0 Å². The minimum Gasteiger partial charge on any atom is -0.469 e. The number of esters is 1. The van der Waals surface area contributed by atoms with Gasteiger partial charge < -0.3 is 4.74 Å². The third-order valence-corrected chi connectivity index (χ3v) is 5.44. The molecule has 124 valence electrons. The van der Waals surface area contributed by atoms with E-state index in [1.807, 2.05) is 6.07 Å². The van der Waals surface area contributed by atoms with Gasteiger partial charge in [-0.1, -0.05) is 50.3 Å². The number of hydrogen-bond donors (Lipinski definition) is 0. The van der Waals surface area contributed by atoms with Gasteiger partial charge in [0.15, 0.2) is 9.84 Å². The topological polar surface area (TPSA) is 60.4 Å². The molecule has 0 aliphatic rings. The number of ether oxygens (including phenoxy) is 1. The van der Waals surface area contributed by atoms with Crippen molar-refractivity contribution in [2.75, 3.05) is 12.9 Å². The molecular formula is C17H26O4S. The Labute approximate surface area is 133 Å². The second-order valence-electron chi connectivity index (χ2n) is 5.43. The van der Waals surface area contributed by atoms with Gasteiger partial charge in [-0.3, -0.25) is 4.79 Å². The summed E-state index contributed by atoms with van der Waals surface area (Å²) in [5, 5.41) is 0. The molecule has 1 rings (SSSR count). The van der Waals surface area contributed by atoms with Crippen LogP contribution in [-0.2, 0) is 19.4 Å². The van der Waals surface area contributed by atoms with Gasteiger partial charge in [-0.05, 0) is 25.0 Å². The minimum atomic E-state index is -3.13. The van der Waals surface area contributed by atoms with Crippen molar-refractivity contribution in [1.82, 2.24) is 0 Å². The van der Waals surface area contributed by atoms with Crippen LogP contribution in [0.15, 0.2) is 35.2 Å².